The van der Waals surface area contributed by atoms with E-state index >= 15 is 0 Å². The fourth-order valence-corrected chi connectivity index (χ4v) is 5.43. The minimum atomic E-state index is -0.165. The van der Waals surface area contributed by atoms with E-state index in [9.17, 15) is 4.79 Å². The number of para-hydroxylation sites is 1. The van der Waals surface area contributed by atoms with E-state index in [1.54, 1.807) is 0 Å². The van der Waals surface area contributed by atoms with Gasteiger partial charge in [-0.25, -0.2) is 0 Å². The lowest BCUT2D eigenvalue weighted by Gasteiger charge is -2.33. The number of amides is 1. The minimum Gasteiger partial charge on any atom is -0.321 e. The summed E-state index contributed by atoms with van der Waals surface area (Å²) < 4.78 is 1.93. The average Bonchev–Trinajstić information content (AvgIpc) is 3.33. The number of rotatable bonds is 6. The van der Waals surface area contributed by atoms with Gasteiger partial charge in [-0.05, 0) is 61.2 Å². The Labute approximate surface area is 218 Å². The smallest absolute Gasteiger partial charge is 0.276 e. The zero-order valence-corrected chi connectivity index (χ0v) is 21.0. The van der Waals surface area contributed by atoms with Gasteiger partial charge < -0.3 is 5.32 Å². The molecule has 5 heteroatoms. The SMILES string of the molecule is O=C(NC1=CCC(N2CCCCC2)C=C1)c1nn(Cc2ccc(-c3ccccc3)cc2)c2ccccc12. The highest BCUT2D eigenvalue weighted by Crippen LogP contribution is 2.24. The molecule has 4 aromatic rings. The fraction of sp³-hybridized carbons (Fsp3) is 0.250. The van der Waals surface area contributed by atoms with E-state index in [1.165, 1.54) is 43.5 Å². The quantitative estimate of drug-likeness (QED) is 0.353. The van der Waals surface area contributed by atoms with Crippen molar-refractivity contribution in [1.29, 1.82) is 0 Å². The number of carbonyl (C=O) groups excluding carboxylic acids is 1. The molecule has 0 saturated carbocycles. The van der Waals surface area contributed by atoms with Crippen LogP contribution in [0, 0.1) is 0 Å². The molecule has 0 bridgehead atoms. The molecule has 2 aliphatic rings. The molecule has 0 radical (unpaired) electrons. The molecule has 2 heterocycles. The van der Waals surface area contributed by atoms with Crippen molar-refractivity contribution in [2.45, 2.75) is 38.3 Å². The van der Waals surface area contributed by atoms with Gasteiger partial charge in [-0.1, -0.05) is 91.4 Å². The Kier molecular flexibility index (Phi) is 6.70. The van der Waals surface area contributed by atoms with Crippen molar-refractivity contribution in [3.8, 4) is 11.1 Å². The highest BCUT2D eigenvalue weighted by atomic mass is 16.2. The third kappa shape index (κ3) is 5.13. The van der Waals surface area contributed by atoms with Crippen LogP contribution in [0.5, 0.6) is 0 Å². The van der Waals surface area contributed by atoms with Crippen molar-refractivity contribution in [2.24, 2.45) is 0 Å². The van der Waals surface area contributed by atoms with E-state index in [4.69, 9.17) is 5.10 Å². The normalized spacial score (nSPS) is 18.1. The van der Waals surface area contributed by atoms with Crippen LogP contribution in [0.1, 0.15) is 41.7 Å². The van der Waals surface area contributed by atoms with Crippen LogP contribution >= 0.6 is 0 Å². The van der Waals surface area contributed by atoms with Gasteiger partial charge in [0.15, 0.2) is 5.69 Å². The van der Waals surface area contributed by atoms with Crippen molar-refractivity contribution >= 4 is 16.8 Å². The van der Waals surface area contributed by atoms with Crippen LogP contribution in [0.4, 0.5) is 0 Å². The molecule has 186 valence electrons. The first-order valence-electron chi connectivity index (χ1n) is 13.3. The summed E-state index contributed by atoms with van der Waals surface area (Å²) in [4.78, 5) is 15.9. The molecule has 1 saturated heterocycles. The summed E-state index contributed by atoms with van der Waals surface area (Å²) in [6.07, 6.45) is 11.3. The maximum Gasteiger partial charge on any atom is 0.276 e. The Hall–Kier alpha value is -3.96. The number of allylic oxidation sites excluding steroid dienone is 1. The predicted molar refractivity (Wildman–Crippen MR) is 149 cm³/mol. The first kappa shape index (κ1) is 23.4. The average molecular weight is 489 g/mol. The van der Waals surface area contributed by atoms with Crippen LogP contribution in [-0.2, 0) is 6.54 Å². The van der Waals surface area contributed by atoms with Crippen LogP contribution in [0.2, 0.25) is 0 Å². The Bertz CT molecular complexity index is 1440. The first-order chi connectivity index (χ1) is 18.2. The molecule has 1 atom stereocenters. The summed E-state index contributed by atoms with van der Waals surface area (Å²) >= 11 is 0. The lowest BCUT2D eigenvalue weighted by Crippen LogP contribution is -2.39. The molecule has 1 fully saturated rings. The molecule has 6 rings (SSSR count). The van der Waals surface area contributed by atoms with Crippen molar-refractivity contribution in [3.05, 3.63) is 114 Å². The van der Waals surface area contributed by atoms with Crippen LogP contribution in [0.3, 0.4) is 0 Å². The van der Waals surface area contributed by atoms with Crippen molar-refractivity contribution in [2.75, 3.05) is 13.1 Å². The van der Waals surface area contributed by atoms with Crippen molar-refractivity contribution in [1.82, 2.24) is 20.0 Å². The highest BCUT2D eigenvalue weighted by molar-refractivity contribution is 6.05. The molecule has 5 nitrogen and oxygen atoms in total. The van der Waals surface area contributed by atoms with Gasteiger partial charge in [0, 0.05) is 17.1 Å². The van der Waals surface area contributed by atoms with Gasteiger partial charge in [0.1, 0.15) is 0 Å². The van der Waals surface area contributed by atoms with E-state index in [2.05, 4.69) is 70.9 Å². The van der Waals surface area contributed by atoms with Crippen LogP contribution in [0.25, 0.3) is 22.0 Å². The molecule has 1 unspecified atom stereocenters. The Balaban J connectivity index is 1.18. The van der Waals surface area contributed by atoms with Crippen LogP contribution in [-0.4, -0.2) is 39.7 Å². The number of aromatic nitrogens is 2. The second-order valence-corrected chi connectivity index (χ2v) is 9.96. The number of nitrogens with one attached hydrogen (secondary N) is 1. The maximum absolute atomic E-state index is 13.3. The second kappa shape index (κ2) is 10.6. The van der Waals surface area contributed by atoms with E-state index in [0.29, 0.717) is 18.3 Å². The molecule has 3 aromatic carbocycles. The van der Waals surface area contributed by atoms with Crippen molar-refractivity contribution < 1.29 is 4.79 Å². The molecule has 1 N–H and O–H groups in total. The molecule has 0 spiro atoms. The molecule has 1 aliphatic carbocycles. The first-order valence-corrected chi connectivity index (χ1v) is 13.3. The van der Waals surface area contributed by atoms with Crippen molar-refractivity contribution in [3.63, 3.8) is 0 Å². The number of hydrogen-bond acceptors (Lipinski definition) is 3. The van der Waals surface area contributed by atoms with Gasteiger partial charge >= 0.3 is 0 Å². The summed E-state index contributed by atoms with van der Waals surface area (Å²) in [7, 11) is 0. The Morgan fingerprint density at radius 2 is 1.59 bits per heavy atom. The number of nitrogens with zero attached hydrogens (tertiary/aromatic N) is 3. The Morgan fingerprint density at radius 3 is 2.35 bits per heavy atom. The zero-order valence-electron chi connectivity index (χ0n) is 21.0. The summed E-state index contributed by atoms with van der Waals surface area (Å²) in [5.41, 5.74) is 5.80. The van der Waals surface area contributed by atoms with E-state index in [0.717, 1.165) is 28.6 Å². The molecular weight excluding hydrogens is 456 g/mol. The summed E-state index contributed by atoms with van der Waals surface area (Å²) in [5, 5.41) is 8.73. The van der Waals surface area contributed by atoms with Gasteiger partial charge in [0.25, 0.3) is 5.91 Å². The second-order valence-electron chi connectivity index (χ2n) is 9.96. The van der Waals surface area contributed by atoms with Gasteiger partial charge in [0.05, 0.1) is 12.1 Å². The molecule has 1 aliphatic heterocycles. The molecular formula is C32H32N4O. The highest BCUT2D eigenvalue weighted by Gasteiger charge is 2.22. The van der Waals surface area contributed by atoms with Gasteiger partial charge in [-0.2, -0.15) is 5.10 Å². The van der Waals surface area contributed by atoms with Gasteiger partial charge in [-0.15, -0.1) is 0 Å². The van der Waals surface area contributed by atoms with E-state index in [1.807, 2.05) is 41.1 Å². The monoisotopic (exact) mass is 488 g/mol. The van der Waals surface area contributed by atoms with Crippen LogP contribution in [0.15, 0.2) is 103 Å². The minimum absolute atomic E-state index is 0.165. The van der Waals surface area contributed by atoms with E-state index in [-0.39, 0.29) is 5.91 Å². The molecule has 37 heavy (non-hydrogen) atoms. The third-order valence-electron chi connectivity index (χ3n) is 7.46. The third-order valence-corrected chi connectivity index (χ3v) is 7.46. The maximum atomic E-state index is 13.3. The van der Waals surface area contributed by atoms with E-state index < -0.39 is 0 Å². The number of hydrogen-bond donors (Lipinski definition) is 1. The number of benzene rings is 3. The number of piperidine rings is 1. The predicted octanol–water partition coefficient (Wildman–Crippen LogP) is 6.18. The fourth-order valence-electron chi connectivity index (χ4n) is 5.43. The molecule has 1 aromatic heterocycles. The number of carbonyl (C=O) groups is 1. The lowest BCUT2D eigenvalue weighted by atomic mass is 10.0. The molecule has 1 amide bonds. The van der Waals surface area contributed by atoms with Gasteiger partial charge in [0.2, 0.25) is 0 Å². The summed E-state index contributed by atoms with van der Waals surface area (Å²) in [6.45, 7) is 2.94. The number of fused-ring (bicyclic) bond motifs is 1. The zero-order chi connectivity index (χ0) is 25.0. The summed E-state index contributed by atoms with van der Waals surface area (Å²) in [6, 6.07) is 27.3. The lowest BCUT2D eigenvalue weighted by molar-refractivity contribution is 0.0962. The summed E-state index contributed by atoms with van der Waals surface area (Å²) in [5.74, 6) is -0.165. The standard InChI is InChI=1S/C32H32N4O/c37-32(33-27-17-19-28(20-18-27)35-21-7-2-8-22-35)31-29-11-5-6-12-30(29)36(34-31)23-24-13-15-26(16-14-24)25-9-3-1-4-10-25/h1,3-6,9-19,28H,2,7-8,20-23H2,(H,33,37). The largest absolute Gasteiger partial charge is 0.321 e. The van der Waals surface area contributed by atoms with Gasteiger partial charge in [-0.3, -0.25) is 14.4 Å². The van der Waals surface area contributed by atoms with Crippen LogP contribution < -0.4 is 5.32 Å². The topological polar surface area (TPSA) is 50.2 Å². The Morgan fingerprint density at radius 1 is 0.865 bits per heavy atom. The number of likely N-dealkylation sites (tertiary alicyclic amines) is 1.